The first-order chi connectivity index (χ1) is 13.0. The molecule has 2 amide bonds. The van der Waals surface area contributed by atoms with Crippen LogP contribution in [0.25, 0.3) is 0 Å². The Balaban J connectivity index is 1.55. The number of carbonyl (C=O) groups is 2. The fourth-order valence-electron chi connectivity index (χ4n) is 3.09. The van der Waals surface area contributed by atoms with E-state index in [1.54, 1.807) is 17.0 Å². The summed E-state index contributed by atoms with van der Waals surface area (Å²) >= 11 is 14.6. The number of carbonyl (C=O) groups excluding carboxylic acids is 2. The van der Waals surface area contributed by atoms with Crippen molar-refractivity contribution >= 4 is 51.9 Å². The molecule has 2 aromatic carbocycles. The van der Waals surface area contributed by atoms with Gasteiger partial charge in [0.15, 0.2) is 0 Å². The molecule has 0 aliphatic carbocycles. The third-order valence-electron chi connectivity index (χ3n) is 4.61. The zero-order valence-electron chi connectivity index (χ0n) is 14.6. The molecule has 140 valence electrons. The molecule has 1 atom stereocenters. The standard InChI is InChI=1S/C20H19AsCl2N2O2/c21-17(12-15-6-7-16(22)13-18(15)23)20(27)25-10-8-24(9-11-25)19(26)14-4-2-1-3-5-14/h1-7,13,17H,8-12H2. The van der Waals surface area contributed by atoms with Gasteiger partial charge in [0.1, 0.15) is 0 Å². The predicted molar refractivity (Wildman–Crippen MR) is 109 cm³/mol. The molecule has 2 aromatic rings. The van der Waals surface area contributed by atoms with Gasteiger partial charge in [-0.25, -0.2) is 0 Å². The van der Waals surface area contributed by atoms with E-state index in [2.05, 4.69) is 16.9 Å². The van der Waals surface area contributed by atoms with Crippen molar-refractivity contribution in [3.05, 3.63) is 69.7 Å². The molecule has 27 heavy (non-hydrogen) atoms. The van der Waals surface area contributed by atoms with E-state index >= 15 is 0 Å². The summed E-state index contributed by atoms with van der Waals surface area (Å²) in [4.78, 5) is 28.9. The van der Waals surface area contributed by atoms with Crippen LogP contribution in [-0.4, -0.2) is 64.6 Å². The molecule has 1 heterocycles. The first-order valence-electron chi connectivity index (χ1n) is 8.71. The van der Waals surface area contributed by atoms with Crippen LogP contribution in [0.15, 0.2) is 48.5 Å². The number of nitrogens with zero attached hydrogens (tertiary/aromatic N) is 2. The maximum absolute atomic E-state index is 12.8. The van der Waals surface area contributed by atoms with Crippen molar-refractivity contribution in [3.63, 3.8) is 0 Å². The van der Waals surface area contributed by atoms with Crippen molar-refractivity contribution < 1.29 is 9.59 Å². The van der Waals surface area contributed by atoms with Crippen molar-refractivity contribution in [2.45, 2.75) is 11.1 Å². The van der Waals surface area contributed by atoms with Crippen LogP contribution in [0.4, 0.5) is 0 Å². The van der Waals surface area contributed by atoms with E-state index in [4.69, 9.17) is 23.2 Å². The van der Waals surface area contributed by atoms with E-state index in [9.17, 15) is 9.59 Å². The number of hydrogen-bond donors (Lipinski definition) is 0. The van der Waals surface area contributed by atoms with Gasteiger partial charge in [0.25, 0.3) is 0 Å². The summed E-state index contributed by atoms with van der Waals surface area (Å²) in [5.41, 5.74) is 1.58. The van der Waals surface area contributed by atoms with Crippen LogP contribution in [-0.2, 0) is 11.2 Å². The van der Waals surface area contributed by atoms with Crippen molar-refractivity contribution in [2.75, 3.05) is 26.2 Å². The number of benzene rings is 2. The summed E-state index contributed by atoms with van der Waals surface area (Å²) in [5.74, 6) is 0.0762. The van der Waals surface area contributed by atoms with Gasteiger partial charge < -0.3 is 0 Å². The number of amides is 2. The summed E-state index contributed by atoms with van der Waals surface area (Å²) in [6, 6.07) is 14.6. The molecule has 1 aliphatic rings. The topological polar surface area (TPSA) is 40.6 Å². The Morgan fingerprint density at radius 1 is 0.963 bits per heavy atom. The zero-order valence-corrected chi connectivity index (χ0v) is 18.0. The van der Waals surface area contributed by atoms with Crippen LogP contribution >= 0.6 is 23.2 Å². The van der Waals surface area contributed by atoms with Crippen LogP contribution < -0.4 is 0 Å². The van der Waals surface area contributed by atoms with Gasteiger partial charge in [-0.3, -0.25) is 0 Å². The van der Waals surface area contributed by atoms with E-state index in [1.807, 2.05) is 41.3 Å². The van der Waals surface area contributed by atoms with Gasteiger partial charge in [-0.1, -0.05) is 0 Å². The second kappa shape index (κ2) is 9.14. The van der Waals surface area contributed by atoms with E-state index in [-0.39, 0.29) is 16.5 Å². The van der Waals surface area contributed by atoms with Crippen LogP contribution in [0.2, 0.25) is 14.8 Å². The molecule has 0 spiro atoms. The van der Waals surface area contributed by atoms with Crippen LogP contribution in [0.3, 0.4) is 0 Å². The molecular formula is C20H19AsCl2N2O2. The first-order valence-corrected chi connectivity index (χ1v) is 10.5. The van der Waals surface area contributed by atoms with Gasteiger partial charge in [-0.05, 0) is 0 Å². The maximum atomic E-state index is 12.8. The third-order valence-corrected chi connectivity index (χ3v) is 6.05. The van der Waals surface area contributed by atoms with Gasteiger partial charge in [0.05, 0.1) is 0 Å². The van der Waals surface area contributed by atoms with E-state index < -0.39 is 0 Å². The molecule has 1 aliphatic heterocycles. The van der Waals surface area contributed by atoms with Crippen molar-refractivity contribution in [1.29, 1.82) is 0 Å². The Bertz CT molecular complexity index is 824. The molecule has 3 rings (SSSR count). The summed E-state index contributed by atoms with van der Waals surface area (Å²) in [6.45, 7) is 2.17. The van der Waals surface area contributed by atoms with Crippen molar-refractivity contribution in [1.82, 2.24) is 9.80 Å². The van der Waals surface area contributed by atoms with E-state index in [0.29, 0.717) is 48.2 Å². The fourth-order valence-corrected chi connectivity index (χ4v) is 4.33. The van der Waals surface area contributed by atoms with Crippen molar-refractivity contribution in [3.8, 4) is 0 Å². The van der Waals surface area contributed by atoms with Crippen LogP contribution in [0.5, 0.6) is 0 Å². The number of hydrogen-bond acceptors (Lipinski definition) is 2. The minimum atomic E-state index is -0.243. The summed E-state index contributed by atoms with van der Waals surface area (Å²) in [6.07, 6.45) is 0.540. The molecule has 1 unspecified atom stereocenters. The monoisotopic (exact) mass is 464 g/mol. The molecular weight excluding hydrogens is 446 g/mol. The van der Waals surface area contributed by atoms with Gasteiger partial charge in [0.2, 0.25) is 0 Å². The molecule has 1 saturated heterocycles. The average molecular weight is 465 g/mol. The van der Waals surface area contributed by atoms with Crippen LogP contribution in [0, 0.1) is 0 Å². The molecule has 0 aromatic heterocycles. The predicted octanol–water partition coefficient (Wildman–Crippen LogP) is 3.48. The summed E-state index contributed by atoms with van der Waals surface area (Å²) < 4.78 is -0.243. The molecule has 2 radical (unpaired) electrons. The van der Waals surface area contributed by atoms with Gasteiger partial charge in [0, 0.05) is 0 Å². The number of piperazine rings is 1. The second-order valence-corrected chi connectivity index (χ2v) is 8.59. The number of rotatable bonds is 4. The summed E-state index contributed by atoms with van der Waals surface area (Å²) in [5, 5.41) is 1.15. The third kappa shape index (κ3) is 5.07. The quantitative estimate of drug-likeness (QED) is 0.650. The normalized spacial score (nSPS) is 15.5. The molecule has 7 heteroatoms. The van der Waals surface area contributed by atoms with Gasteiger partial charge in [-0.2, -0.15) is 0 Å². The van der Waals surface area contributed by atoms with E-state index in [1.165, 1.54) is 0 Å². The summed E-state index contributed by atoms with van der Waals surface area (Å²) in [7, 11) is 0. The first kappa shape index (κ1) is 20.3. The second-order valence-electron chi connectivity index (χ2n) is 6.44. The Hall–Kier alpha value is -1.48. The zero-order chi connectivity index (χ0) is 19.4. The minimum absolute atomic E-state index is 0.0134. The number of halogens is 2. The van der Waals surface area contributed by atoms with Crippen LogP contribution in [0.1, 0.15) is 15.9 Å². The average Bonchev–Trinajstić information content (AvgIpc) is 2.69. The van der Waals surface area contributed by atoms with E-state index in [0.717, 1.165) is 5.56 Å². The molecule has 1 fully saturated rings. The van der Waals surface area contributed by atoms with Gasteiger partial charge in [-0.15, -0.1) is 0 Å². The van der Waals surface area contributed by atoms with Crippen molar-refractivity contribution in [2.24, 2.45) is 0 Å². The molecule has 0 bridgehead atoms. The Labute approximate surface area is 177 Å². The SMILES string of the molecule is O=C(c1ccccc1)N1CCN(C(=O)C([As])Cc2ccc(Cl)cc2Cl)CC1. The molecule has 0 N–H and O–H groups in total. The Kier molecular flexibility index (Phi) is 6.86. The fraction of sp³-hybridized carbons (Fsp3) is 0.300. The molecule has 0 saturated carbocycles. The Morgan fingerprint density at radius 3 is 2.22 bits per heavy atom. The Morgan fingerprint density at radius 2 is 1.59 bits per heavy atom. The van der Waals surface area contributed by atoms with Gasteiger partial charge >= 0.3 is 178 Å². The molecule has 4 nitrogen and oxygen atoms in total.